The number of barbiturate groups is 1. The van der Waals surface area contributed by atoms with Crippen molar-refractivity contribution in [3.05, 3.63) is 29.8 Å². The summed E-state index contributed by atoms with van der Waals surface area (Å²) < 4.78 is 5.51. The highest BCUT2D eigenvalue weighted by Crippen LogP contribution is 2.22. The number of benzene rings is 1. The van der Waals surface area contributed by atoms with Gasteiger partial charge in [0.05, 0.1) is 18.3 Å². The lowest BCUT2D eigenvalue weighted by atomic mass is 9.99. The number of carbonyl (C=O) groups is 3. The molecule has 1 aromatic rings. The zero-order valence-corrected chi connectivity index (χ0v) is 14.3. The van der Waals surface area contributed by atoms with Gasteiger partial charge in [-0.15, -0.1) is 0 Å². The van der Waals surface area contributed by atoms with Crippen molar-refractivity contribution in [1.29, 1.82) is 0 Å². The Morgan fingerprint density at radius 2 is 2.00 bits per heavy atom. The first-order valence-electron chi connectivity index (χ1n) is 8.35. The van der Waals surface area contributed by atoms with Crippen LogP contribution in [-0.4, -0.2) is 42.8 Å². The Balaban J connectivity index is 1.81. The first kappa shape index (κ1) is 17.3. The molecule has 7 heteroatoms. The fraction of sp³-hybridized carbons (Fsp3) is 0.444. The van der Waals surface area contributed by atoms with Gasteiger partial charge in [0.25, 0.3) is 5.91 Å². The van der Waals surface area contributed by atoms with Gasteiger partial charge in [-0.2, -0.15) is 0 Å². The van der Waals surface area contributed by atoms with E-state index in [1.807, 2.05) is 6.92 Å². The third-order valence-corrected chi connectivity index (χ3v) is 4.44. The molecule has 2 saturated heterocycles. The van der Waals surface area contributed by atoms with Gasteiger partial charge in [-0.25, -0.2) is 9.69 Å². The van der Waals surface area contributed by atoms with Crippen molar-refractivity contribution in [2.45, 2.75) is 32.8 Å². The summed E-state index contributed by atoms with van der Waals surface area (Å²) in [6.07, 6.45) is 1.96. The molecule has 2 aliphatic rings. The number of hydrogen-bond donors (Lipinski definition) is 1. The molecule has 0 aromatic heterocycles. The van der Waals surface area contributed by atoms with Crippen LogP contribution in [0, 0.1) is 12.8 Å². The molecule has 1 aromatic carbocycles. The van der Waals surface area contributed by atoms with Crippen molar-refractivity contribution in [3.63, 3.8) is 0 Å². The lowest BCUT2D eigenvalue weighted by Crippen LogP contribution is -2.60. The fourth-order valence-electron chi connectivity index (χ4n) is 3.01. The molecule has 25 heavy (non-hydrogen) atoms. The normalized spacial score (nSPS) is 24.6. The van der Waals surface area contributed by atoms with Crippen LogP contribution in [0.3, 0.4) is 0 Å². The van der Waals surface area contributed by atoms with Gasteiger partial charge in [0.1, 0.15) is 0 Å². The average molecular weight is 343 g/mol. The molecule has 0 bridgehead atoms. The quantitative estimate of drug-likeness (QED) is 0.667. The second kappa shape index (κ2) is 7.14. The van der Waals surface area contributed by atoms with Crippen molar-refractivity contribution in [2.75, 3.05) is 18.1 Å². The summed E-state index contributed by atoms with van der Waals surface area (Å²) in [6, 6.07) is 6.23. The van der Waals surface area contributed by atoms with E-state index in [2.05, 4.69) is 10.3 Å². The Bertz CT molecular complexity index is 720. The molecule has 0 saturated carbocycles. The van der Waals surface area contributed by atoms with E-state index < -0.39 is 23.8 Å². The predicted octanol–water partition coefficient (Wildman–Crippen LogP) is 1.83. The minimum Gasteiger partial charge on any atom is -0.376 e. The molecule has 1 N–H and O–H groups in total. The second-order valence-electron chi connectivity index (χ2n) is 6.35. The van der Waals surface area contributed by atoms with Crippen molar-refractivity contribution in [1.82, 2.24) is 5.32 Å². The highest BCUT2D eigenvalue weighted by Gasteiger charge is 2.42. The molecule has 0 spiro atoms. The maximum atomic E-state index is 12.8. The van der Waals surface area contributed by atoms with Crippen LogP contribution in [0.2, 0.25) is 0 Å². The fourth-order valence-corrected chi connectivity index (χ4v) is 3.01. The van der Waals surface area contributed by atoms with E-state index in [-0.39, 0.29) is 6.10 Å². The van der Waals surface area contributed by atoms with Crippen LogP contribution in [0.25, 0.3) is 0 Å². The zero-order valence-electron chi connectivity index (χ0n) is 14.3. The summed E-state index contributed by atoms with van der Waals surface area (Å²) in [5.74, 6) is -2.31. The van der Waals surface area contributed by atoms with Gasteiger partial charge in [0.2, 0.25) is 5.91 Å². The second-order valence-corrected chi connectivity index (χ2v) is 6.35. The lowest BCUT2D eigenvalue weighted by molar-refractivity contribution is -0.131. The van der Waals surface area contributed by atoms with E-state index in [1.165, 1.54) is 0 Å². The van der Waals surface area contributed by atoms with Crippen LogP contribution in [0.1, 0.15) is 25.3 Å². The van der Waals surface area contributed by atoms with Crippen molar-refractivity contribution < 1.29 is 19.1 Å². The van der Waals surface area contributed by atoms with E-state index >= 15 is 0 Å². The number of nitrogens with one attached hydrogen (secondary N) is 1. The van der Waals surface area contributed by atoms with Gasteiger partial charge < -0.3 is 4.74 Å². The molecular weight excluding hydrogens is 322 g/mol. The number of nitrogens with zero attached hydrogens (tertiary/aromatic N) is 2. The Hall–Kier alpha value is -2.54. The van der Waals surface area contributed by atoms with Crippen LogP contribution in [0.4, 0.5) is 10.5 Å². The SMILES string of the molecule is CC(=NC[C@H]1CCCO1)[C@H]1C(=O)NC(=O)N(c2ccc(C)cc2)C1=O. The lowest BCUT2D eigenvalue weighted by Gasteiger charge is -2.30. The maximum absolute atomic E-state index is 12.8. The molecule has 2 aliphatic heterocycles. The maximum Gasteiger partial charge on any atom is 0.335 e. The number of aryl methyl sites for hydroxylation is 1. The highest BCUT2D eigenvalue weighted by atomic mass is 16.5. The Labute approximate surface area is 146 Å². The third kappa shape index (κ3) is 3.61. The number of rotatable bonds is 4. The topological polar surface area (TPSA) is 88.1 Å². The Morgan fingerprint density at radius 1 is 1.28 bits per heavy atom. The zero-order chi connectivity index (χ0) is 18.0. The third-order valence-electron chi connectivity index (χ3n) is 4.44. The monoisotopic (exact) mass is 343 g/mol. The van der Waals surface area contributed by atoms with Crippen LogP contribution >= 0.6 is 0 Å². The van der Waals surface area contributed by atoms with E-state index in [1.54, 1.807) is 31.2 Å². The van der Waals surface area contributed by atoms with Gasteiger partial charge in [-0.1, -0.05) is 17.7 Å². The molecule has 0 radical (unpaired) electrons. The summed E-state index contributed by atoms with van der Waals surface area (Å²) in [5, 5.41) is 2.25. The van der Waals surface area contributed by atoms with Crippen molar-refractivity contribution in [2.24, 2.45) is 10.9 Å². The summed E-state index contributed by atoms with van der Waals surface area (Å²) in [5.41, 5.74) is 1.83. The number of urea groups is 1. The molecule has 2 heterocycles. The molecular formula is C18H21N3O4. The van der Waals surface area contributed by atoms with Gasteiger partial charge in [-0.3, -0.25) is 19.9 Å². The minimum absolute atomic E-state index is 0.0338. The minimum atomic E-state index is -1.10. The molecule has 0 unspecified atom stereocenters. The summed E-state index contributed by atoms with van der Waals surface area (Å²) >= 11 is 0. The molecule has 132 valence electrons. The molecule has 3 rings (SSSR count). The highest BCUT2D eigenvalue weighted by molar-refractivity contribution is 6.35. The summed E-state index contributed by atoms with van der Waals surface area (Å²) in [6.45, 7) is 4.69. The number of imide groups is 2. The summed E-state index contributed by atoms with van der Waals surface area (Å²) in [7, 11) is 0. The Morgan fingerprint density at radius 3 is 2.64 bits per heavy atom. The number of carbonyl (C=O) groups excluding carboxylic acids is 3. The number of amides is 4. The van der Waals surface area contributed by atoms with E-state index in [0.717, 1.165) is 29.9 Å². The van der Waals surface area contributed by atoms with Crippen molar-refractivity contribution in [3.8, 4) is 0 Å². The Kier molecular flexibility index (Phi) is 4.94. The number of anilines is 1. The van der Waals surface area contributed by atoms with E-state index in [9.17, 15) is 14.4 Å². The van der Waals surface area contributed by atoms with E-state index in [0.29, 0.717) is 17.9 Å². The van der Waals surface area contributed by atoms with Gasteiger partial charge in [0.15, 0.2) is 5.92 Å². The molecule has 2 atom stereocenters. The average Bonchev–Trinajstić information content (AvgIpc) is 3.07. The van der Waals surface area contributed by atoms with Gasteiger partial charge in [0, 0.05) is 12.3 Å². The molecule has 7 nitrogen and oxygen atoms in total. The first-order valence-corrected chi connectivity index (χ1v) is 8.35. The van der Waals surface area contributed by atoms with Crippen LogP contribution in [0.15, 0.2) is 29.3 Å². The predicted molar refractivity (Wildman–Crippen MR) is 92.6 cm³/mol. The van der Waals surface area contributed by atoms with Crippen molar-refractivity contribution >= 4 is 29.2 Å². The van der Waals surface area contributed by atoms with Crippen LogP contribution in [0.5, 0.6) is 0 Å². The first-order chi connectivity index (χ1) is 12.0. The largest absolute Gasteiger partial charge is 0.376 e. The van der Waals surface area contributed by atoms with Crippen LogP contribution in [-0.2, 0) is 14.3 Å². The van der Waals surface area contributed by atoms with Gasteiger partial charge in [-0.05, 0) is 38.8 Å². The smallest absolute Gasteiger partial charge is 0.335 e. The number of ether oxygens (including phenoxy) is 1. The molecule has 2 fully saturated rings. The number of hydrogen-bond acceptors (Lipinski definition) is 5. The van der Waals surface area contributed by atoms with Gasteiger partial charge >= 0.3 is 6.03 Å². The summed E-state index contributed by atoms with van der Waals surface area (Å²) in [4.78, 5) is 42.5. The van der Waals surface area contributed by atoms with Crippen LogP contribution < -0.4 is 10.2 Å². The van der Waals surface area contributed by atoms with E-state index in [4.69, 9.17) is 4.74 Å². The molecule has 4 amide bonds. The number of aliphatic imine (C=N–C) groups is 1. The standard InChI is InChI=1S/C18H21N3O4/c1-11-5-7-13(8-6-11)21-17(23)15(16(22)20-18(21)24)12(2)19-10-14-4-3-9-25-14/h5-8,14-15H,3-4,9-10H2,1-2H3,(H,20,22,24)/t14-,15+/m1/s1. The molecule has 0 aliphatic carbocycles.